The molecule has 9 aromatic rings. The Morgan fingerprint density at radius 1 is 0.197 bits per heavy atom. The summed E-state index contributed by atoms with van der Waals surface area (Å²) in [6, 6.07) is 10.4. The lowest BCUT2D eigenvalue weighted by Gasteiger charge is -2.44. The predicted octanol–water partition coefficient (Wildman–Crippen LogP) is 3.45. The molecular formula is C76H58O46. The first kappa shape index (κ1) is 85.7. The van der Waals surface area contributed by atoms with E-state index in [1.54, 1.807) is 0 Å². The summed E-state index contributed by atoms with van der Waals surface area (Å²) < 4.78 is 68.5. The van der Waals surface area contributed by atoms with Gasteiger partial charge in [0.25, 0.3) is 0 Å². The van der Waals surface area contributed by atoms with E-state index in [9.17, 15) is 171 Å². The summed E-state index contributed by atoms with van der Waals surface area (Å²) >= 11 is 0. The molecule has 0 spiro atoms. The van der Waals surface area contributed by atoms with E-state index in [1.165, 1.54) is 0 Å². The van der Waals surface area contributed by atoms with Gasteiger partial charge in [0.2, 0.25) is 24.8 Å². The second-order valence-electron chi connectivity index (χ2n) is 25.8. The van der Waals surface area contributed by atoms with Crippen LogP contribution in [0.3, 0.4) is 0 Å². The second-order valence-corrected chi connectivity index (χ2v) is 25.8. The molecule has 2 aliphatic rings. The van der Waals surface area contributed by atoms with Crippen molar-refractivity contribution in [3.05, 3.63) is 177 Å². The smallest absolute Gasteiger partial charge is 0.340 e. The maximum Gasteiger partial charge on any atom is 0.340 e. The molecule has 0 amide bonds. The van der Waals surface area contributed by atoms with Gasteiger partial charge >= 0.3 is 59.7 Å². The lowest BCUT2D eigenvalue weighted by atomic mass is 9.97. The van der Waals surface area contributed by atoms with Crippen LogP contribution in [0.2, 0.25) is 0 Å². The molecule has 24 N–H and O–H groups in total. The van der Waals surface area contributed by atoms with Crippen LogP contribution in [0.5, 0.6) is 138 Å². The third-order valence-corrected chi connectivity index (χ3v) is 17.6. The molecule has 0 aliphatic carbocycles. The Bertz CT molecular complexity index is 5220. The number of hydrogen-bond acceptors (Lipinski definition) is 46. The fraction of sp³-hybridized carbons (Fsp3) is 0.158. The Labute approximate surface area is 674 Å². The molecule has 122 heavy (non-hydrogen) atoms. The summed E-state index contributed by atoms with van der Waals surface area (Å²) in [5, 5.41) is 248. The molecule has 0 saturated carbocycles. The van der Waals surface area contributed by atoms with Crippen LogP contribution in [0.1, 0.15) is 104 Å². The van der Waals surface area contributed by atoms with Crippen molar-refractivity contribution in [2.75, 3.05) is 13.2 Å². The number of rotatable bonds is 22. The molecule has 0 aromatic heterocycles. The number of esters is 10. The van der Waals surface area contributed by atoms with Gasteiger partial charge in [-0.3, -0.25) is 0 Å². The number of phenolic OH excluding ortho intramolecular Hbond substituents is 24. The standard InChI is InChI=1S/C76H58O46/c77-33-5-25(6-34(78)51(33)93)65(101)111-21-49-59(115-69(105)27-9-37(81)53(95)38(82)10-27)61(117-71(107)29-13-41(85)55(97)42(86)14-29)63(119-73(109)31-17-45(89)57(99)46(90)18-31)75(113-49)121-67(103)23-1-2-24(4-3-23)68(104)122-76-64(120-74(110)32-19-47(91)58(100)48(92)20-32)62(118-72(108)30-15-43(87)56(98)44(88)16-30)60(116-70(106)28-11-39(83)54(96)40(84)12-28)50(114-76)22-112-66(102)26-7-35(79)52(94)36(80)8-26/h1-20,49-50,59-64,75-100H,21-22H2/t49-,50-,59-,60-,61+,62+,63-,64-,75+,76+/m1/s1. The van der Waals surface area contributed by atoms with E-state index < -0.39 is 328 Å². The Balaban J connectivity index is 1.00. The zero-order valence-electron chi connectivity index (χ0n) is 60.4. The molecule has 0 radical (unpaired) electrons. The minimum atomic E-state index is -2.79. The van der Waals surface area contributed by atoms with E-state index in [0.717, 1.165) is 0 Å². The van der Waals surface area contributed by atoms with Crippen molar-refractivity contribution in [3.63, 3.8) is 0 Å². The van der Waals surface area contributed by atoms with Gasteiger partial charge in [0.1, 0.15) is 25.4 Å². The molecular weight excluding hydrogens is 1650 g/mol. The van der Waals surface area contributed by atoms with Gasteiger partial charge < -0.3 is 179 Å². The fourth-order valence-electron chi connectivity index (χ4n) is 11.5. The Morgan fingerprint density at radius 3 is 0.525 bits per heavy atom. The molecule has 46 nitrogen and oxygen atoms in total. The van der Waals surface area contributed by atoms with E-state index in [4.69, 9.17) is 56.8 Å². The summed E-state index contributed by atoms with van der Waals surface area (Å²) in [4.78, 5) is 144. The van der Waals surface area contributed by atoms with Crippen LogP contribution in [0.4, 0.5) is 0 Å². The minimum absolute atomic E-state index is 0.449. The van der Waals surface area contributed by atoms with Crippen molar-refractivity contribution in [3.8, 4) is 138 Å². The highest BCUT2D eigenvalue weighted by molar-refractivity contribution is 5.98. The number of aromatic hydroxyl groups is 24. The molecule has 2 saturated heterocycles. The zero-order chi connectivity index (χ0) is 89.2. The minimum Gasteiger partial charge on any atom is -0.504 e. The van der Waals surface area contributed by atoms with Gasteiger partial charge in [-0.1, -0.05) is 0 Å². The van der Waals surface area contributed by atoms with Crippen LogP contribution < -0.4 is 0 Å². The van der Waals surface area contributed by atoms with Gasteiger partial charge in [-0.05, 0) is 121 Å². The normalized spacial score (nSPS) is 18.5. The van der Waals surface area contributed by atoms with E-state index >= 15 is 0 Å². The van der Waals surface area contributed by atoms with Crippen LogP contribution in [-0.2, 0) is 56.8 Å². The first-order chi connectivity index (χ1) is 57.5. The van der Waals surface area contributed by atoms with E-state index in [0.29, 0.717) is 121 Å². The quantitative estimate of drug-likeness (QED) is 0.0262. The zero-order valence-corrected chi connectivity index (χ0v) is 60.4. The van der Waals surface area contributed by atoms with Crippen LogP contribution in [0.15, 0.2) is 121 Å². The topological polar surface area (TPSA) is 767 Å². The summed E-state index contributed by atoms with van der Waals surface area (Å²) in [6.07, 6.45) is -26.6. The molecule has 9 aromatic carbocycles. The van der Waals surface area contributed by atoms with Gasteiger partial charge in [-0.25, -0.2) is 47.9 Å². The van der Waals surface area contributed by atoms with E-state index in [2.05, 4.69) is 0 Å². The summed E-state index contributed by atoms with van der Waals surface area (Å²) in [5.41, 5.74) is -8.80. The number of carbonyl (C=O) groups excluding carboxylic acids is 10. The molecule has 11 rings (SSSR count). The first-order valence-corrected chi connectivity index (χ1v) is 33.9. The molecule has 2 fully saturated rings. The Kier molecular flexibility index (Phi) is 24.1. The van der Waals surface area contributed by atoms with Crippen molar-refractivity contribution < 1.29 is 227 Å². The summed E-state index contributed by atoms with van der Waals surface area (Å²) in [7, 11) is 0. The van der Waals surface area contributed by atoms with E-state index in [-0.39, 0.29) is 0 Å². The first-order valence-electron chi connectivity index (χ1n) is 33.9. The highest BCUT2D eigenvalue weighted by atomic mass is 16.8. The highest BCUT2D eigenvalue weighted by Gasteiger charge is 2.57. The monoisotopic (exact) mass is 1710 g/mol. The number of hydrogen-bond donors (Lipinski definition) is 24. The van der Waals surface area contributed by atoms with Gasteiger partial charge in [-0.2, -0.15) is 0 Å². The molecule has 0 bridgehead atoms. The molecule has 10 atom stereocenters. The molecule has 2 heterocycles. The fourth-order valence-corrected chi connectivity index (χ4v) is 11.5. The van der Waals surface area contributed by atoms with Crippen LogP contribution in [0.25, 0.3) is 0 Å². The van der Waals surface area contributed by atoms with Crippen molar-refractivity contribution in [2.45, 2.75) is 61.4 Å². The number of phenols is 24. The van der Waals surface area contributed by atoms with E-state index in [1.807, 2.05) is 0 Å². The van der Waals surface area contributed by atoms with Crippen LogP contribution in [0, 0.1) is 0 Å². The van der Waals surface area contributed by atoms with Gasteiger partial charge in [0.05, 0.1) is 55.6 Å². The number of carbonyl (C=O) groups is 10. The van der Waals surface area contributed by atoms with Crippen molar-refractivity contribution >= 4 is 59.7 Å². The maximum absolute atomic E-state index is 14.8. The summed E-state index contributed by atoms with van der Waals surface area (Å²) in [5.74, 6) is -46.3. The molecule has 638 valence electrons. The maximum atomic E-state index is 14.8. The summed E-state index contributed by atoms with van der Waals surface area (Å²) in [6.45, 7) is -2.86. The third-order valence-electron chi connectivity index (χ3n) is 17.6. The SMILES string of the molecule is O=C(OC[C@H]1O[C@@H](OC(=O)c2ccc(C(=O)O[C@@H]3O[C@H](COC(=O)c4cc(O)c(O)c(O)c4)[C@@H](OC(=O)c4cc(O)c(O)c(O)c4)[C@H](OC(=O)c4cc(O)c(O)c(O)c4)[C@H]3OC(=O)c3cc(O)c(O)c(O)c3)cc2)[C@H](OC(=O)c2cc(O)c(O)c(O)c2)[C@@H](OC(=O)c2cc(O)c(O)c(O)c2)[C@@H]1OC(=O)c1cc(O)c(O)c(O)c1)c1cc(O)c(O)c(O)c1. The van der Waals surface area contributed by atoms with Gasteiger partial charge in [-0.15, -0.1) is 0 Å². The third kappa shape index (κ3) is 18.1. The number of ether oxygens (including phenoxy) is 12. The lowest BCUT2D eigenvalue weighted by Crippen LogP contribution is -2.63. The molecule has 0 unspecified atom stereocenters. The lowest BCUT2D eigenvalue weighted by molar-refractivity contribution is -0.283. The highest BCUT2D eigenvalue weighted by Crippen LogP contribution is 2.46. The Morgan fingerprint density at radius 2 is 0.344 bits per heavy atom. The average Bonchev–Trinajstić information content (AvgIpc) is 0.769. The van der Waals surface area contributed by atoms with Crippen molar-refractivity contribution in [1.29, 1.82) is 0 Å². The molecule has 46 heteroatoms. The van der Waals surface area contributed by atoms with Crippen LogP contribution in [-0.4, -0.2) is 257 Å². The van der Waals surface area contributed by atoms with Crippen LogP contribution >= 0.6 is 0 Å². The van der Waals surface area contributed by atoms with Gasteiger partial charge in [0.15, 0.2) is 162 Å². The predicted molar refractivity (Wildman–Crippen MR) is 382 cm³/mol. The Hall–Kier alpha value is -17.2. The number of benzene rings is 9. The molecule has 2 aliphatic heterocycles. The van der Waals surface area contributed by atoms with Gasteiger partial charge in [0, 0.05) is 0 Å². The average molecular weight is 1710 g/mol. The largest absolute Gasteiger partial charge is 0.504 e. The second kappa shape index (κ2) is 34.3. The van der Waals surface area contributed by atoms with Crippen molar-refractivity contribution in [1.82, 2.24) is 0 Å². The van der Waals surface area contributed by atoms with Crippen molar-refractivity contribution in [2.24, 2.45) is 0 Å².